The van der Waals surface area contributed by atoms with Gasteiger partial charge in [-0.3, -0.25) is 9.25 Å². The quantitative estimate of drug-likeness (QED) is 0.726. The van der Waals surface area contributed by atoms with Crippen molar-refractivity contribution in [2.24, 2.45) is 7.05 Å². The van der Waals surface area contributed by atoms with Crippen molar-refractivity contribution in [3.8, 4) is 0 Å². The molecule has 1 atom stereocenters. The van der Waals surface area contributed by atoms with Crippen molar-refractivity contribution in [3.63, 3.8) is 0 Å². The maximum Gasteiger partial charge on any atom is 0.179 e. The van der Waals surface area contributed by atoms with Crippen LogP contribution in [0.1, 0.15) is 43.4 Å². The van der Waals surface area contributed by atoms with Crippen molar-refractivity contribution in [1.82, 2.24) is 24.3 Å². The van der Waals surface area contributed by atoms with Crippen LogP contribution >= 0.6 is 23.6 Å². The van der Waals surface area contributed by atoms with Gasteiger partial charge in [-0.2, -0.15) is 5.10 Å². The number of fused-ring (bicyclic) bond motifs is 1. The van der Waals surface area contributed by atoms with Crippen LogP contribution in [-0.2, 0) is 13.5 Å². The van der Waals surface area contributed by atoms with Gasteiger partial charge in [0.2, 0.25) is 0 Å². The van der Waals surface area contributed by atoms with Crippen LogP contribution in [0.5, 0.6) is 0 Å². The highest BCUT2D eigenvalue weighted by atomic mass is 32.1. The molecular weight excluding hydrogens is 302 g/mol. The van der Waals surface area contributed by atoms with Crippen LogP contribution in [0.2, 0.25) is 0 Å². The van der Waals surface area contributed by atoms with Gasteiger partial charge in [0.25, 0.3) is 0 Å². The zero-order valence-electron chi connectivity index (χ0n) is 12.5. The standard InChI is InChI=1S/C14H19N5S2/c1-4-6-9-11-13(18(3)17-9)19(14(20)16-11)10(5-2)12-15-7-8-21-12/h7-8,10H,4-6H2,1-3H3,(H,16,20). The number of hydrogen-bond donors (Lipinski definition) is 1. The first-order valence-electron chi connectivity index (χ1n) is 7.22. The Kier molecular flexibility index (Phi) is 3.95. The largest absolute Gasteiger partial charge is 0.328 e. The number of nitrogens with zero attached hydrogens (tertiary/aromatic N) is 4. The Labute approximate surface area is 132 Å². The van der Waals surface area contributed by atoms with Crippen LogP contribution in [0.25, 0.3) is 11.2 Å². The Bertz CT molecular complexity index is 793. The van der Waals surface area contributed by atoms with E-state index in [9.17, 15) is 0 Å². The second-order valence-corrected chi connectivity index (χ2v) is 6.43. The average Bonchev–Trinajstić information content (AvgIpc) is 3.14. The first-order chi connectivity index (χ1) is 10.2. The molecule has 0 amide bonds. The molecule has 3 aromatic heterocycles. The van der Waals surface area contributed by atoms with Gasteiger partial charge in [0.05, 0.1) is 11.7 Å². The molecule has 5 nitrogen and oxygen atoms in total. The lowest BCUT2D eigenvalue weighted by molar-refractivity contribution is 0.555. The number of aromatic amines is 1. The summed E-state index contributed by atoms with van der Waals surface area (Å²) in [7, 11) is 1.98. The van der Waals surface area contributed by atoms with Crippen molar-refractivity contribution in [3.05, 3.63) is 27.0 Å². The normalized spacial score (nSPS) is 13.1. The molecule has 0 aliphatic rings. The molecule has 7 heteroatoms. The monoisotopic (exact) mass is 321 g/mol. The summed E-state index contributed by atoms with van der Waals surface area (Å²) in [6.07, 6.45) is 4.83. The van der Waals surface area contributed by atoms with E-state index in [0.29, 0.717) is 0 Å². The Morgan fingerprint density at radius 3 is 2.86 bits per heavy atom. The third kappa shape index (κ3) is 2.34. The SMILES string of the molecule is CCCc1nn(C)c2c1[nH]c(=S)n2C(CC)c1nccs1. The fourth-order valence-electron chi connectivity index (χ4n) is 2.80. The molecule has 0 aliphatic carbocycles. The van der Waals surface area contributed by atoms with Crippen molar-refractivity contribution in [2.75, 3.05) is 0 Å². The maximum absolute atomic E-state index is 5.57. The van der Waals surface area contributed by atoms with E-state index in [1.807, 2.05) is 23.3 Å². The molecule has 0 aromatic carbocycles. The molecule has 1 N–H and O–H groups in total. The predicted octanol–water partition coefficient (Wildman–Crippen LogP) is 3.84. The van der Waals surface area contributed by atoms with Crippen molar-refractivity contribution < 1.29 is 0 Å². The Morgan fingerprint density at radius 2 is 2.24 bits per heavy atom. The molecule has 0 aliphatic heterocycles. The molecule has 0 saturated carbocycles. The Morgan fingerprint density at radius 1 is 1.43 bits per heavy atom. The minimum atomic E-state index is 0.163. The summed E-state index contributed by atoms with van der Waals surface area (Å²) < 4.78 is 4.84. The van der Waals surface area contributed by atoms with Crippen molar-refractivity contribution in [2.45, 2.75) is 39.2 Å². The first kappa shape index (κ1) is 14.5. The first-order valence-corrected chi connectivity index (χ1v) is 8.51. The number of aromatic nitrogens is 5. The number of nitrogens with one attached hydrogen (secondary N) is 1. The van der Waals surface area contributed by atoms with Crippen LogP contribution in [0.4, 0.5) is 0 Å². The van der Waals surface area contributed by atoms with Gasteiger partial charge in [0.15, 0.2) is 10.4 Å². The minimum absolute atomic E-state index is 0.163. The second-order valence-electron chi connectivity index (χ2n) is 5.11. The minimum Gasteiger partial charge on any atom is -0.328 e. The number of imidazole rings is 1. The highest BCUT2D eigenvalue weighted by Crippen LogP contribution is 2.29. The molecule has 0 saturated heterocycles. The van der Waals surface area contributed by atoms with Gasteiger partial charge in [0, 0.05) is 18.6 Å². The molecule has 0 radical (unpaired) electrons. The summed E-state index contributed by atoms with van der Waals surface area (Å²) in [6.45, 7) is 4.33. The maximum atomic E-state index is 5.57. The zero-order chi connectivity index (χ0) is 15.0. The molecule has 3 rings (SSSR count). The summed E-state index contributed by atoms with van der Waals surface area (Å²) in [4.78, 5) is 7.82. The van der Waals surface area contributed by atoms with E-state index < -0.39 is 0 Å². The highest BCUT2D eigenvalue weighted by molar-refractivity contribution is 7.71. The van der Waals surface area contributed by atoms with Crippen LogP contribution in [0, 0.1) is 4.77 Å². The van der Waals surface area contributed by atoms with E-state index >= 15 is 0 Å². The molecule has 0 fully saturated rings. The molecule has 3 aromatic rings. The van der Waals surface area contributed by atoms with Gasteiger partial charge in [-0.15, -0.1) is 11.3 Å². The number of H-pyrrole nitrogens is 1. The van der Waals surface area contributed by atoms with Gasteiger partial charge < -0.3 is 4.98 Å². The van der Waals surface area contributed by atoms with Gasteiger partial charge in [-0.25, -0.2) is 4.98 Å². The van der Waals surface area contributed by atoms with Crippen LogP contribution < -0.4 is 0 Å². The predicted molar refractivity (Wildman–Crippen MR) is 88.4 cm³/mol. The summed E-state index contributed by atoms with van der Waals surface area (Å²) >= 11 is 7.24. The van der Waals surface area contributed by atoms with E-state index in [-0.39, 0.29) is 6.04 Å². The molecule has 112 valence electrons. The molecule has 0 bridgehead atoms. The zero-order valence-corrected chi connectivity index (χ0v) is 14.1. The molecule has 0 spiro atoms. The molecule has 3 heterocycles. The van der Waals surface area contributed by atoms with Crippen molar-refractivity contribution in [1.29, 1.82) is 0 Å². The lowest BCUT2D eigenvalue weighted by Gasteiger charge is -2.15. The fourth-order valence-corrected chi connectivity index (χ4v) is 3.93. The van der Waals surface area contributed by atoms with Crippen LogP contribution in [-0.4, -0.2) is 24.3 Å². The van der Waals surface area contributed by atoms with Crippen LogP contribution in [0.15, 0.2) is 11.6 Å². The molecule has 21 heavy (non-hydrogen) atoms. The Balaban J connectivity index is 2.22. The van der Waals surface area contributed by atoms with Gasteiger partial charge in [0.1, 0.15) is 10.5 Å². The molecular formula is C14H19N5S2. The van der Waals surface area contributed by atoms with Gasteiger partial charge in [-0.05, 0) is 25.1 Å². The molecule has 1 unspecified atom stereocenters. The van der Waals surface area contributed by atoms with E-state index in [4.69, 9.17) is 12.2 Å². The van der Waals surface area contributed by atoms with E-state index in [1.54, 1.807) is 11.3 Å². The summed E-state index contributed by atoms with van der Waals surface area (Å²) in [5.74, 6) is 0. The highest BCUT2D eigenvalue weighted by Gasteiger charge is 2.22. The van der Waals surface area contributed by atoms with E-state index in [1.165, 1.54) is 0 Å². The van der Waals surface area contributed by atoms with Gasteiger partial charge in [-0.1, -0.05) is 20.3 Å². The average molecular weight is 321 g/mol. The number of rotatable bonds is 5. The van der Waals surface area contributed by atoms with Gasteiger partial charge >= 0.3 is 0 Å². The summed E-state index contributed by atoms with van der Waals surface area (Å²) in [5, 5.41) is 7.74. The topological polar surface area (TPSA) is 51.4 Å². The third-order valence-corrected chi connectivity index (χ3v) is 4.87. The number of hydrogen-bond acceptors (Lipinski definition) is 4. The van der Waals surface area contributed by atoms with E-state index in [0.717, 1.165) is 45.9 Å². The summed E-state index contributed by atoms with van der Waals surface area (Å²) in [5.41, 5.74) is 3.22. The number of aryl methyl sites for hydroxylation is 2. The van der Waals surface area contributed by atoms with Crippen LogP contribution in [0.3, 0.4) is 0 Å². The smallest absolute Gasteiger partial charge is 0.179 e. The second kappa shape index (κ2) is 5.73. The fraction of sp³-hybridized carbons (Fsp3) is 0.500. The van der Waals surface area contributed by atoms with Crippen molar-refractivity contribution >= 4 is 34.7 Å². The third-order valence-electron chi connectivity index (χ3n) is 3.69. The lowest BCUT2D eigenvalue weighted by atomic mass is 10.2. The summed E-state index contributed by atoms with van der Waals surface area (Å²) in [6, 6.07) is 0.163. The van der Waals surface area contributed by atoms with E-state index in [2.05, 4.69) is 33.5 Å². The number of thiazole rings is 1. The lowest BCUT2D eigenvalue weighted by Crippen LogP contribution is -2.12. The Hall–Kier alpha value is -1.47.